The van der Waals surface area contributed by atoms with E-state index in [1.807, 2.05) is 6.08 Å². The Labute approximate surface area is 370 Å². The van der Waals surface area contributed by atoms with Crippen LogP contribution in [0, 0.1) is 0 Å². The first kappa shape index (κ1) is 57.0. The van der Waals surface area contributed by atoms with Crippen LogP contribution < -0.4 is 5.32 Å². The van der Waals surface area contributed by atoms with Crippen LogP contribution in [0.25, 0.3) is 0 Å². The average molecular weight is 836 g/mol. The van der Waals surface area contributed by atoms with Gasteiger partial charge >= 0.3 is 5.97 Å². The van der Waals surface area contributed by atoms with E-state index in [2.05, 4.69) is 99.0 Å². The molecule has 60 heavy (non-hydrogen) atoms. The molecule has 6 heteroatoms. The predicted molar refractivity (Wildman–Crippen MR) is 259 cm³/mol. The molecule has 0 aromatic rings. The van der Waals surface area contributed by atoms with Gasteiger partial charge in [-0.2, -0.15) is 0 Å². The Bertz CT molecular complexity index is 1160. The molecule has 6 nitrogen and oxygen atoms in total. The van der Waals surface area contributed by atoms with Crippen LogP contribution in [0.1, 0.15) is 220 Å². The molecule has 0 aromatic heterocycles. The fourth-order valence-electron chi connectivity index (χ4n) is 6.95. The minimum absolute atomic E-state index is 0.0566. The molecule has 0 spiro atoms. The first-order valence-electron chi connectivity index (χ1n) is 24.8. The minimum Gasteiger partial charge on any atom is -0.458 e. The number of esters is 1. The Kier molecular flexibility index (Phi) is 44.8. The summed E-state index contributed by atoms with van der Waals surface area (Å²) in [6, 6.07) is -0.748. The molecule has 0 fully saturated rings. The standard InChI is InChI=1S/C54H93NO5/c1-4-7-10-13-16-19-22-24-26-27-28-29-31-33-36-39-42-45-50(60-54(59)47-44-41-38-35-32-30-25-23-20-17-14-11-8-5-2)48-53(58)55-51(49-56)52(57)46-43-40-37-34-21-18-15-12-9-6-3/h7,10,16,19,24,26,28-30,32-33,36,42,45,50-52,56-57H,4-6,8-9,11-15,17-18,20-23,25,27,31,34-35,37-41,43-44,46-49H2,1-3H3,(H,55,58)/b10-7-,19-16-,26-24-,29-28-,32-30-,36-33-,45-42-. The van der Waals surface area contributed by atoms with Gasteiger partial charge in [-0.3, -0.25) is 9.59 Å². The normalized spacial score (nSPS) is 14.0. The third-order valence-electron chi connectivity index (χ3n) is 10.7. The molecule has 0 rings (SSSR count). The Balaban J connectivity index is 4.83. The van der Waals surface area contributed by atoms with Crippen LogP contribution >= 0.6 is 0 Å². The predicted octanol–water partition coefficient (Wildman–Crippen LogP) is 14.8. The maximum atomic E-state index is 13.1. The second kappa shape index (κ2) is 47.1. The Morgan fingerprint density at radius 2 is 0.933 bits per heavy atom. The van der Waals surface area contributed by atoms with E-state index < -0.39 is 18.2 Å². The third-order valence-corrected chi connectivity index (χ3v) is 10.7. The zero-order chi connectivity index (χ0) is 43.8. The monoisotopic (exact) mass is 836 g/mol. The number of aliphatic hydroxyl groups is 2. The van der Waals surface area contributed by atoms with E-state index in [0.29, 0.717) is 19.3 Å². The van der Waals surface area contributed by atoms with Crippen LogP contribution in [0.15, 0.2) is 85.1 Å². The number of rotatable bonds is 43. The fourth-order valence-corrected chi connectivity index (χ4v) is 6.95. The summed E-state index contributed by atoms with van der Waals surface area (Å²) in [7, 11) is 0. The highest BCUT2D eigenvalue weighted by Crippen LogP contribution is 2.15. The van der Waals surface area contributed by atoms with Gasteiger partial charge in [-0.15, -0.1) is 0 Å². The van der Waals surface area contributed by atoms with E-state index in [9.17, 15) is 19.8 Å². The lowest BCUT2D eigenvalue weighted by atomic mass is 10.0. The summed E-state index contributed by atoms with van der Waals surface area (Å²) < 4.78 is 5.80. The lowest BCUT2D eigenvalue weighted by molar-refractivity contribution is -0.148. The summed E-state index contributed by atoms with van der Waals surface area (Å²) in [5, 5.41) is 23.6. The van der Waals surface area contributed by atoms with Crippen molar-refractivity contribution in [2.75, 3.05) is 6.61 Å². The molecule has 344 valence electrons. The zero-order valence-corrected chi connectivity index (χ0v) is 39.1. The lowest BCUT2D eigenvalue weighted by Gasteiger charge is -2.23. The summed E-state index contributed by atoms with van der Waals surface area (Å²) in [6.45, 7) is 6.30. The van der Waals surface area contributed by atoms with Crippen molar-refractivity contribution in [1.82, 2.24) is 5.32 Å². The van der Waals surface area contributed by atoms with Crippen LogP contribution in [-0.2, 0) is 14.3 Å². The van der Waals surface area contributed by atoms with Gasteiger partial charge in [0.05, 0.1) is 25.2 Å². The second-order valence-corrected chi connectivity index (χ2v) is 16.5. The summed E-state index contributed by atoms with van der Waals surface area (Å²) in [5.74, 6) is -0.654. The number of aliphatic hydroxyl groups excluding tert-OH is 2. The minimum atomic E-state index is -0.824. The van der Waals surface area contributed by atoms with Crippen LogP contribution in [0.5, 0.6) is 0 Å². The number of hydrogen-bond acceptors (Lipinski definition) is 5. The van der Waals surface area contributed by atoms with E-state index in [-0.39, 0.29) is 24.9 Å². The summed E-state index contributed by atoms with van der Waals surface area (Å²) in [4.78, 5) is 26.0. The van der Waals surface area contributed by atoms with Gasteiger partial charge in [-0.1, -0.05) is 209 Å². The van der Waals surface area contributed by atoms with Gasteiger partial charge in [0.1, 0.15) is 6.10 Å². The SMILES string of the molecule is CC/C=C\C/C=C\C/C=C\C/C=C\C/C=C\C/C=C\C(CC(=O)NC(CO)C(O)CCCCCCCCCCCC)OC(=O)CCCCC/C=C\CCCCCCCCC. The average Bonchev–Trinajstić information content (AvgIpc) is 3.24. The Hall–Kier alpha value is -2.96. The maximum absolute atomic E-state index is 13.1. The van der Waals surface area contributed by atoms with E-state index in [1.165, 1.54) is 89.9 Å². The van der Waals surface area contributed by atoms with Gasteiger partial charge in [0.2, 0.25) is 5.91 Å². The number of carbonyl (C=O) groups is 2. The molecule has 0 aliphatic rings. The van der Waals surface area contributed by atoms with Crippen molar-refractivity contribution < 1.29 is 24.5 Å². The number of unbranched alkanes of at least 4 members (excludes halogenated alkanes) is 19. The van der Waals surface area contributed by atoms with Crippen molar-refractivity contribution in [2.24, 2.45) is 0 Å². The molecule has 3 atom stereocenters. The topological polar surface area (TPSA) is 95.9 Å². The highest BCUT2D eigenvalue weighted by atomic mass is 16.5. The van der Waals surface area contributed by atoms with Gasteiger partial charge in [0, 0.05) is 6.42 Å². The van der Waals surface area contributed by atoms with Crippen molar-refractivity contribution in [2.45, 2.75) is 238 Å². The molecule has 0 radical (unpaired) electrons. The van der Waals surface area contributed by atoms with Gasteiger partial charge < -0.3 is 20.3 Å². The van der Waals surface area contributed by atoms with Crippen molar-refractivity contribution in [3.63, 3.8) is 0 Å². The van der Waals surface area contributed by atoms with Crippen molar-refractivity contribution in [3.8, 4) is 0 Å². The van der Waals surface area contributed by atoms with E-state index in [0.717, 1.165) is 83.5 Å². The summed E-state index contributed by atoms with van der Waals surface area (Å²) in [5.41, 5.74) is 0. The Morgan fingerprint density at radius 3 is 1.40 bits per heavy atom. The number of hydrogen-bond donors (Lipinski definition) is 3. The van der Waals surface area contributed by atoms with Gasteiger partial charge in [-0.05, 0) is 83.1 Å². The van der Waals surface area contributed by atoms with Crippen molar-refractivity contribution in [1.29, 1.82) is 0 Å². The van der Waals surface area contributed by atoms with E-state index in [1.54, 1.807) is 6.08 Å². The fraction of sp³-hybridized carbons (Fsp3) is 0.704. The molecule has 1 amide bonds. The largest absolute Gasteiger partial charge is 0.458 e. The molecular weight excluding hydrogens is 743 g/mol. The molecule has 0 aromatic carbocycles. The number of nitrogens with one attached hydrogen (secondary N) is 1. The van der Waals surface area contributed by atoms with Gasteiger partial charge in [0.25, 0.3) is 0 Å². The van der Waals surface area contributed by atoms with Gasteiger partial charge in [0.15, 0.2) is 0 Å². The molecule has 0 bridgehead atoms. The molecule has 0 aliphatic heterocycles. The molecule has 0 aliphatic carbocycles. The molecule has 3 unspecified atom stereocenters. The number of amides is 1. The zero-order valence-electron chi connectivity index (χ0n) is 39.1. The van der Waals surface area contributed by atoms with E-state index in [4.69, 9.17) is 4.74 Å². The highest BCUT2D eigenvalue weighted by Gasteiger charge is 2.23. The molecular formula is C54H93NO5. The molecule has 3 N–H and O–H groups in total. The summed E-state index contributed by atoms with van der Waals surface area (Å²) >= 11 is 0. The quantitative estimate of drug-likeness (QED) is 0.0323. The molecule has 0 saturated heterocycles. The van der Waals surface area contributed by atoms with Crippen molar-refractivity contribution in [3.05, 3.63) is 85.1 Å². The molecule has 0 heterocycles. The first-order valence-corrected chi connectivity index (χ1v) is 24.8. The third kappa shape index (κ3) is 41.8. The second-order valence-electron chi connectivity index (χ2n) is 16.5. The van der Waals surface area contributed by atoms with Crippen LogP contribution in [0.3, 0.4) is 0 Å². The highest BCUT2D eigenvalue weighted by molar-refractivity contribution is 5.78. The van der Waals surface area contributed by atoms with Gasteiger partial charge in [-0.25, -0.2) is 0 Å². The van der Waals surface area contributed by atoms with E-state index >= 15 is 0 Å². The molecule has 0 saturated carbocycles. The first-order chi connectivity index (χ1) is 29.5. The van der Waals surface area contributed by atoms with Crippen molar-refractivity contribution >= 4 is 11.9 Å². The lowest BCUT2D eigenvalue weighted by Crippen LogP contribution is -2.46. The van der Waals surface area contributed by atoms with Crippen LogP contribution in [0.4, 0.5) is 0 Å². The number of allylic oxidation sites excluding steroid dienone is 13. The summed E-state index contributed by atoms with van der Waals surface area (Å²) in [6.07, 6.45) is 61.0. The number of ether oxygens (including phenoxy) is 1. The maximum Gasteiger partial charge on any atom is 0.306 e. The van der Waals surface area contributed by atoms with Crippen LogP contribution in [-0.4, -0.2) is 46.9 Å². The Morgan fingerprint density at radius 1 is 0.517 bits per heavy atom. The smallest absolute Gasteiger partial charge is 0.306 e. The number of carbonyl (C=O) groups excluding carboxylic acids is 2. The van der Waals surface area contributed by atoms with Crippen LogP contribution in [0.2, 0.25) is 0 Å².